The SMILES string of the molecule is c1ccc2sc([C@@H]3CCCN3Cc3ccc(-n4cccn4)cc3)nc2c1. The number of likely N-dealkylation sites (tertiary alicyclic amines) is 1. The van der Waals surface area contributed by atoms with Crippen molar-refractivity contribution in [3.8, 4) is 5.69 Å². The van der Waals surface area contributed by atoms with Crippen LogP contribution in [0.25, 0.3) is 15.9 Å². The highest BCUT2D eigenvalue weighted by Crippen LogP contribution is 2.37. The highest BCUT2D eigenvalue weighted by atomic mass is 32.1. The highest BCUT2D eigenvalue weighted by Gasteiger charge is 2.28. The Bertz CT molecular complexity index is 971. The van der Waals surface area contributed by atoms with E-state index in [-0.39, 0.29) is 0 Å². The number of nitrogens with zero attached hydrogens (tertiary/aromatic N) is 4. The predicted molar refractivity (Wildman–Crippen MR) is 106 cm³/mol. The zero-order valence-corrected chi connectivity index (χ0v) is 15.3. The van der Waals surface area contributed by atoms with Crippen molar-refractivity contribution in [2.24, 2.45) is 0 Å². The summed E-state index contributed by atoms with van der Waals surface area (Å²) in [6, 6.07) is 19.6. The monoisotopic (exact) mass is 360 g/mol. The zero-order valence-electron chi connectivity index (χ0n) is 14.5. The third kappa shape index (κ3) is 2.93. The Kier molecular flexibility index (Phi) is 4.03. The van der Waals surface area contributed by atoms with Crippen LogP contribution in [-0.2, 0) is 6.54 Å². The van der Waals surface area contributed by atoms with Crippen LogP contribution < -0.4 is 0 Å². The van der Waals surface area contributed by atoms with Gasteiger partial charge in [-0.1, -0.05) is 24.3 Å². The molecule has 26 heavy (non-hydrogen) atoms. The van der Waals surface area contributed by atoms with Gasteiger partial charge in [0, 0.05) is 18.9 Å². The molecule has 1 aliphatic heterocycles. The van der Waals surface area contributed by atoms with Crippen LogP contribution in [0.2, 0.25) is 0 Å². The molecule has 1 aliphatic rings. The second-order valence-corrected chi connectivity index (χ2v) is 7.83. The van der Waals surface area contributed by atoms with Crippen molar-refractivity contribution in [1.82, 2.24) is 19.7 Å². The maximum atomic E-state index is 4.90. The van der Waals surface area contributed by atoms with E-state index in [1.54, 1.807) is 6.20 Å². The minimum absolute atomic E-state index is 0.443. The molecule has 130 valence electrons. The molecule has 2 aromatic carbocycles. The number of hydrogen-bond acceptors (Lipinski definition) is 4. The Labute approximate surface area is 156 Å². The molecule has 5 heteroatoms. The first kappa shape index (κ1) is 15.7. The average Bonchev–Trinajstić information content (AvgIpc) is 3.42. The highest BCUT2D eigenvalue weighted by molar-refractivity contribution is 7.18. The van der Waals surface area contributed by atoms with Crippen LogP contribution in [-0.4, -0.2) is 26.2 Å². The van der Waals surface area contributed by atoms with Gasteiger partial charge in [-0.3, -0.25) is 4.90 Å². The van der Waals surface area contributed by atoms with Gasteiger partial charge in [0.1, 0.15) is 5.01 Å². The zero-order chi connectivity index (χ0) is 17.3. The summed E-state index contributed by atoms with van der Waals surface area (Å²) in [7, 11) is 0. The van der Waals surface area contributed by atoms with Gasteiger partial charge >= 0.3 is 0 Å². The summed E-state index contributed by atoms with van der Waals surface area (Å²) < 4.78 is 3.18. The van der Waals surface area contributed by atoms with Crippen molar-refractivity contribution in [3.05, 3.63) is 77.6 Å². The molecule has 0 saturated carbocycles. The second kappa shape index (κ2) is 6.67. The third-order valence-electron chi connectivity index (χ3n) is 5.05. The Hall–Kier alpha value is -2.50. The molecule has 0 bridgehead atoms. The fourth-order valence-electron chi connectivity index (χ4n) is 3.74. The van der Waals surface area contributed by atoms with E-state index in [0.29, 0.717) is 6.04 Å². The Morgan fingerprint density at radius 2 is 1.92 bits per heavy atom. The molecule has 4 nitrogen and oxygen atoms in total. The number of thiazole rings is 1. The summed E-state index contributed by atoms with van der Waals surface area (Å²) in [5.74, 6) is 0. The van der Waals surface area contributed by atoms with Gasteiger partial charge in [-0.05, 0) is 55.3 Å². The molecule has 0 unspecified atom stereocenters. The van der Waals surface area contributed by atoms with Gasteiger partial charge in [-0.25, -0.2) is 9.67 Å². The van der Waals surface area contributed by atoms with Crippen LogP contribution in [0.4, 0.5) is 0 Å². The number of rotatable bonds is 4. The molecular formula is C21H20N4S. The van der Waals surface area contributed by atoms with E-state index >= 15 is 0 Å². The molecule has 0 aliphatic carbocycles. The number of hydrogen-bond donors (Lipinski definition) is 0. The van der Waals surface area contributed by atoms with Crippen LogP contribution in [0.1, 0.15) is 29.5 Å². The number of para-hydroxylation sites is 1. The molecule has 0 spiro atoms. The van der Waals surface area contributed by atoms with Crippen molar-refractivity contribution in [2.75, 3.05) is 6.54 Å². The van der Waals surface area contributed by atoms with Crippen molar-refractivity contribution >= 4 is 21.6 Å². The summed E-state index contributed by atoms with van der Waals surface area (Å²) in [5.41, 5.74) is 3.57. The van der Waals surface area contributed by atoms with Gasteiger partial charge in [0.05, 0.1) is 21.9 Å². The van der Waals surface area contributed by atoms with Gasteiger partial charge in [0.15, 0.2) is 0 Å². The fourth-order valence-corrected chi connectivity index (χ4v) is 4.87. The molecule has 4 aromatic rings. The van der Waals surface area contributed by atoms with E-state index in [2.05, 4.69) is 58.5 Å². The minimum Gasteiger partial charge on any atom is -0.290 e. The number of benzene rings is 2. The largest absolute Gasteiger partial charge is 0.290 e. The van der Waals surface area contributed by atoms with Crippen LogP contribution in [0.3, 0.4) is 0 Å². The lowest BCUT2D eigenvalue weighted by atomic mass is 10.1. The Morgan fingerprint density at radius 3 is 2.73 bits per heavy atom. The Balaban J connectivity index is 1.36. The van der Waals surface area contributed by atoms with Gasteiger partial charge in [0.25, 0.3) is 0 Å². The maximum absolute atomic E-state index is 4.90. The van der Waals surface area contributed by atoms with Gasteiger partial charge < -0.3 is 0 Å². The van der Waals surface area contributed by atoms with E-state index in [4.69, 9.17) is 4.98 Å². The van der Waals surface area contributed by atoms with E-state index in [1.165, 1.54) is 28.1 Å². The molecule has 0 amide bonds. The van der Waals surface area contributed by atoms with Crippen LogP contribution in [0.5, 0.6) is 0 Å². The van der Waals surface area contributed by atoms with Gasteiger partial charge in [-0.2, -0.15) is 5.10 Å². The molecule has 2 aromatic heterocycles. The first-order valence-corrected chi connectivity index (χ1v) is 9.87. The summed E-state index contributed by atoms with van der Waals surface area (Å²) in [4.78, 5) is 7.47. The fraction of sp³-hybridized carbons (Fsp3) is 0.238. The molecule has 0 radical (unpaired) electrons. The van der Waals surface area contributed by atoms with Crippen LogP contribution in [0.15, 0.2) is 67.0 Å². The van der Waals surface area contributed by atoms with E-state index in [0.717, 1.165) is 24.3 Å². The molecule has 1 atom stereocenters. The van der Waals surface area contributed by atoms with E-state index < -0.39 is 0 Å². The topological polar surface area (TPSA) is 34.0 Å². The molecule has 3 heterocycles. The van der Waals surface area contributed by atoms with Gasteiger partial charge in [0.2, 0.25) is 0 Å². The third-order valence-corrected chi connectivity index (χ3v) is 6.19. The summed E-state index contributed by atoms with van der Waals surface area (Å²) in [6.07, 6.45) is 6.22. The van der Waals surface area contributed by atoms with Crippen LogP contribution in [0, 0.1) is 0 Å². The molecule has 1 saturated heterocycles. The summed E-state index contributed by atoms with van der Waals surface area (Å²) >= 11 is 1.85. The lowest BCUT2D eigenvalue weighted by molar-refractivity contribution is 0.248. The normalized spacial score (nSPS) is 17.9. The summed E-state index contributed by atoms with van der Waals surface area (Å²) in [6.45, 7) is 2.11. The predicted octanol–water partition coefficient (Wildman–Crippen LogP) is 4.82. The number of fused-ring (bicyclic) bond motifs is 1. The van der Waals surface area contributed by atoms with Crippen molar-refractivity contribution in [3.63, 3.8) is 0 Å². The molecular weight excluding hydrogens is 340 g/mol. The lowest BCUT2D eigenvalue weighted by Gasteiger charge is -2.22. The molecule has 0 N–H and O–H groups in total. The van der Waals surface area contributed by atoms with E-state index in [9.17, 15) is 0 Å². The van der Waals surface area contributed by atoms with Crippen molar-refractivity contribution in [2.45, 2.75) is 25.4 Å². The van der Waals surface area contributed by atoms with Gasteiger partial charge in [-0.15, -0.1) is 11.3 Å². The number of aromatic nitrogens is 3. The van der Waals surface area contributed by atoms with Crippen molar-refractivity contribution < 1.29 is 0 Å². The average molecular weight is 360 g/mol. The summed E-state index contributed by atoms with van der Waals surface area (Å²) in [5, 5.41) is 5.55. The molecule has 1 fully saturated rings. The van der Waals surface area contributed by atoms with Crippen LogP contribution >= 0.6 is 11.3 Å². The first-order valence-electron chi connectivity index (χ1n) is 9.05. The molecule has 5 rings (SSSR count). The quantitative estimate of drug-likeness (QED) is 0.523. The minimum atomic E-state index is 0.443. The Morgan fingerprint density at radius 1 is 1.04 bits per heavy atom. The standard InChI is InChI=1S/C21H20N4S/c1-2-7-20-18(5-1)23-21(26-20)19-6-3-13-24(19)15-16-8-10-17(11-9-16)25-14-4-12-22-25/h1-2,4-5,7-12,14,19H,3,6,13,15H2/t19-/m0/s1. The second-order valence-electron chi connectivity index (χ2n) is 6.77. The van der Waals surface area contributed by atoms with E-state index in [1.807, 2.05) is 28.3 Å². The maximum Gasteiger partial charge on any atom is 0.111 e. The lowest BCUT2D eigenvalue weighted by Crippen LogP contribution is -2.22. The smallest absolute Gasteiger partial charge is 0.111 e. The van der Waals surface area contributed by atoms with Crippen molar-refractivity contribution in [1.29, 1.82) is 0 Å². The first-order chi connectivity index (χ1) is 12.9.